The van der Waals surface area contributed by atoms with E-state index in [0.29, 0.717) is 35.4 Å². The Morgan fingerprint density at radius 2 is 2.14 bits per heavy atom. The standard InChI is InChI=1S/C15H14ClN3O2/c1-20-6-7-21-14-4-3-12(8-13(14)16)19-15-5-2-11(9-17)10-18-15/h2-5,8,10H,6-7H2,1H3,(H,18,19). The molecule has 0 amide bonds. The molecule has 0 saturated heterocycles. The molecule has 6 heteroatoms. The molecule has 1 aromatic carbocycles. The molecule has 1 heterocycles. The normalized spacial score (nSPS) is 9.95. The zero-order chi connectivity index (χ0) is 15.1. The lowest BCUT2D eigenvalue weighted by atomic mass is 10.3. The number of hydrogen-bond acceptors (Lipinski definition) is 5. The highest BCUT2D eigenvalue weighted by Crippen LogP contribution is 2.28. The van der Waals surface area contributed by atoms with Gasteiger partial charge in [-0.05, 0) is 30.3 Å². The second-order valence-corrected chi connectivity index (χ2v) is 4.56. The first-order valence-electron chi connectivity index (χ1n) is 6.27. The minimum absolute atomic E-state index is 0.445. The van der Waals surface area contributed by atoms with E-state index in [1.54, 1.807) is 31.4 Å². The molecule has 0 aliphatic heterocycles. The van der Waals surface area contributed by atoms with Gasteiger partial charge in [-0.3, -0.25) is 0 Å². The Morgan fingerprint density at radius 1 is 1.29 bits per heavy atom. The fourth-order valence-electron chi connectivity index (χ4n) is 1.61. The number of benzene rings is 1. The highest BCUT2D eigenvalue weighted by atomic mass is 35.5. The molecular weight excluding hydrogens is 290 g/mol. The van der Waals surface area contributed by atoms with E-state index >= 15 is 0 Å². The molecule has 0 bridgehead atoms. The molecule has 5 nitrogen and oxygen atoms in total. The Kier molecular flexibility index (Phi) is 5.38. The van der Waals surface area contributed by atoms with Gasteiger partial charge < -0.3 is 14.8 Å². The predicted molar refractivity (Wildman–Crippen MR) is 81.1 cm³/mol. The van der Waals surface area contributed by atoms with Crippen LogP contribution in [0.2, 0.25) is 5.02 Å². The second kappa shape index (κ2) is 7.48. The van der Waals surface area contributed by atoms with E-state index in [-0.39, 0.29) is 0 Å². The van der Waals surface area contributed by atoms with Gasteiger partial charge in [-0.1, -0.05) is 11.6 Å². The Labute approximate surface area is 128 Å². The van der Waals surface area contributed by atoms with Crippen LogP contribution in [0.4, 0.5) is 11.5 Å². The average Bonchev–Trinajstić information content (AvgIpc) is 2.50. The fraction of sp³-hybridized carbons (Fsp3) is 0.200. The van der Waals surface area contributed by atoms with Crippen molar-refractivity contribution >= 4 is 23.1 Å². The van der Waals surface area contributed by atoms with Crippen LogP contribution < -0.4 is 10.1 Å². The van der Waals surface area contributed by atoms with Gasteiger partial charge in [-0.25, -0.2) is 4.98 Å². The number of methoxy groups -OCH3 is 1. The predicted octanol–water partition coefficient (Wildman–Crippen LogP) is 3.38. The molecule has 21 heavy (non-hydrogen) atoms. The number of halogens is 1. The lowest BCUT2D eigenvalue weighted by Gasteiger charge is -2.10. The molecule has 1 aromatic heterocycles. The van der Waals surface area contributed by atoms with E-state index in [2.05, 4.69) is 10.3 Å². The molecule has 108 valence electrons. The molecule has 0 aliphatic carbocycles. The maximum absolute atomic E-state index is 8.72. The van der Waals surface area contributed by atoms with Gasteiger partial charge in [0, 0.05) is 19.0 Å². The monoisotopic (exact) mass is 303 g/mol. The number of ether oxygens (including phenoxy) is 2. The number of nitrogens with one attached hydrogen (secondary N) is 1. The van der Waals surface area contributed by atoms with Crippen molar-refractivity contribution in [2.75, 3.05) is 25.6 Å². The molecular formula is C15H14ClN3O2. The van der Waals surface area contributed by atoms with E-state index in [1.165, 1.54) is 6.20 Å². The van der Waals surface area contributed by atoms with Crippen LogP contribution in [0.5, 0.6) is 5.75 Å². The molecule has 0 aliphatic rings. The van der Waals surface area contributed by atoms with Crippen LogP contribution in [-0.2, 0) is 4.74 Å². The van der Waals surface area contributed by atoms with Gasteiger partial charge in [0.1, 0.15) is 24.2 Å². The van der Waals surface area contributed by atoms with Gasteiger partial charge in [0.2, 0.25) is 0 Å². The Morgan fingerprint density at radius 3 is 2.76 bits per heavy atom. The SMILES string of the molecule is COCCOc1ccc(Nc2ccc(C#N)cn2)cc1Cl. The first-order chi connectivity index (χ1) is 10.2. The summed E-state index contributed by atoms with van der Waals surface area (Å²) in [5, 5.41) is 12.3. The Hall–Kier alpha value is -2.29. The van der Waals surface area contributed by atoms with Crippen molar-refractivity contribution < 1.29 is 9.47 Å². The first kappa shape index (κ1) is 15.1. The number of hydrogen-bond donors (Lipinski definition) is 1. The lowest BCUT2D eigenvalue weighted by molar-refractivity contribution is 0.146. The van der Waals surface area contributed by atoms with Crippen molar-refractivity contribution in [1.82, 2.24) is 4.98 Å². The van der Waals surface area contributed by atoms with Crippen LogP contribution in [0.3, 0.4) is 0 Å². The quantitative estimate of drug-likeness (QED) is 0.829. The van der Waals surface area contributed by atoms with Gasteiger partial charge in [-0.15, -0.1) is 0 Å². The third-order valence-corrected chi connectivity index (χ3v) is 2.94. The molecule has 0 saturated carbocycles. The fourth-order valence-corrected chi connectivity index (χ4v) is 1.85. The number of nitrogens with zero attached hydrogens (tertiary/aromatic N) is 2. The lowest BCUT2D eigenvalue weighted by Crippen LogP contribution is -2.04. The number of rotatable bonds is 6. The molecule has 0 radical (unpaired) electrons. The zero-order valence-electron chi connectivity index (χ0n) is 11.5. The molecule has 1 N–H and O–H groups in total. The summed E-state index contributed by atoms with van der Waals surface area (Å²) in [5.41, 5.74) is 1.30. The van der Waals surface area contributed by atoms with Crippen LogP contribution >= 0.6 is 11.6 Å². The first-order valence-corrected chi connectivity index (χ1v) is 6.65. The zero-order valence-corrected chi connectivity index (χ0v) is 12.2. The summed E-state index contributed by atoms with van der Waals surface area (Å²) >= 11 is 6.15. The summed E-state index contributed by atoms with van der Waals surface area (Å²) in [4.78, 5) is 4.13. The van der Waals surface area contributed by atoms with E-state index in [4.69, 9.17) is 26.3 Å². The average molecular weight is 304 g/mol. The number of pyridine rings is 1. The van der Waals surface area contributed by atoms with Crippen molar-refractivity contribution in [2.24, 2.45) is 0 Å². The van der Waals surface area contributed by atoms with Gasteiger partial charge in [0.15, 0.2) is 0 Å². The van der Waals surface area contributed by atoms with Crippen molar-refractivity contribution in [3.8, 4) is 11.8 Å². The van der Waals surface area contributed by atoms with Crippen molar-refractivity contribution in [3.05, 3.63) is 47.1 Å². The maximum atomic E-state index is 8.72. The van der Waals surface area contributed by atoms with Crippen LogP contribution in [-0.4, -0.2) is 25.3 Å². The van der Waals surface area contributed by atoms with Gasteiger partial charge in [0.05, 0.1) is 17.2 Å². The summed E-state index contributed by atoms with van der Waals surface area (Å²) in [6.45, 7) is 0.950. The van der Waals surface area contributed by atoms with E-state index in [1.807, 2.05) is 12.1 Å². The van der Waals surface area contributed by atoms with Crippen LogP contribution in [0.25, 0.3) is 0 Å². The molecule has 0 atom stereocenters. The van der Waals surface area contributed by atoms with Crippen LogP contribution in [0.1, 0.15) is 5.56 Å². The summed E-state index contributed by atoms with van der Waals surface area (Å²) in [7, 11) is 1.61. The van der Waals surface area contributed by atoms with Crippen molar-refractivity contribution in [1.29, 1.82) is 5.26 Å². The Bertz CT molecular complexity index is 638. The molecule has 0 unspecified atom stereocenters. The largest absolute Gasteiger partial charge is 0.490 e. The number of nitriles is 1. The van der Waals surface area contributed by atoms with Gasteiger partial charge in [-0.2, -0.15) is 5.26 Å². The molecule has 0 fully saturated rings. The summed E-state index contributed by atoms with van der Waals surface area (Å²) in [6.07, 6.45) is 1.51. The highest BCUT2D eigenvalue weighted by molar-refractivity contribution is 6.32. The topological polar surface area (TPSA) is 67.2 Å². The third-order valence-electron chi connectivity index (χ3n) is 2.64. The van der Waals surface area contributed by atoms with Crippen LogP contribution in [0.15, 0.2) is 36.5 Å². The van der Waals surface area contributed by atoms with Crippen molar-refractivity contribution in [2.45, 2.75) is 0 Å². The molecule has 2 rings (SSSR count). The smallest absolute Gasteiger partial charge is 0.138 e. The Balaban J connectivity index is 2.03. The summed E-state index contributed by atoms with van der Waals surface area (Å²) in [5.74, 6) is 1.24. The highest BCUT2D eigenvalue weighted by Gasteiger charge is 2.04. The van der Waals surface area contributed by atoms with Crippen molar-refractivity contribution in [3.63, 3.8) is 0 Å². The minimum Gasteiger partial charge on any atom is -0.490 e. The van der Waals surface area contributed by atoms with Gasteiger partial charge >= 0.3 is 0 Å². The number of anilines is 2. The third kappa shape index (κ3) is 4.35. The second-order valence-electron chi connectivity index (χ2n) is 4.16. The van der Waals surface area contributed by atoms with E-state index < -0.39 is 0 Å². The molecule has 0 spiro atoms. The van der Waals surface area contributed by atoms with E-state index in [9.17, 15) is 0 Å². The maximum Gasteiger partial charge on any atom is 0.138 e. The van der Waals surface area contributed by atoms with E-state index in [0.717, 1.165) is 5.69 Å². The summed E-state index contributed by atoms with van der Waals surface area (Å²) in [6, 6.07) is 10.8. The van der Waals surface area contributed by atoms with Crippen LogP contribution in [0, 0.1) is 11.3 Å². The van der Waals surface area contributed by atoms with Gasteiger partial charge in [0.25, 0.3) is 0 Å². The number of aromatic nitrogens is 1. The summed E-state index contributed by atoms with van der Waals surface area (Å²) < 4.78 is 10.4. The minimum atomic E-state index is 0.445. The molecule has 2 aromatic rings.